The van der Waals surface area contributed by atoms with Crippen molar-refractivity contribution in [1.29, 1.82) is 0 Å². The Balaban J connectivity index is 1.53. The lowest BCUT2D eigenvalue weighted by Gasteiger charge is -2.34. The van der Waals surface area contributed by atoms with Gasteiger partial charge in [0, 0.05) is 6.04 Å². The maximum absolute atomic E-state index is 12.2. The molecule has 1 saturated carbocycles. The minimum atomic E-state index is 0.134. The number of nitrogens with zero attached hydrogens (tertiary/aromatic N) is 1. The Hall–Kier alpha value is -1.07. The molecule has 0 spiro atoms. The summed E-state index contributed by atoms with van der Waals surface area (Å²) in [6.07, 6.45) is 3.62. The summed E-state index contributed by atoms with van der Waals surface area (Å²) in [5.74, 6) is 1.87. The van der Waals surface area contributed by atoms with E-state index in [-0.39, 0.29) is 5.91 Å². The molecule has 1 amide bonds. The number of hydrogen-bond acceptors (Lipinski definition) is 4. The second-order valence-electron chi connectivity index (χ2n) is 6.18. The topological polar surface area (TPSA) is 42.0 Å². The molecule has 2 aromatic rings. The minimum absolute atomic E-state index is 0.134. The average molecular weight is 335 g/mol. The summed E-state index contributed by atoms with van der Waals surface area (Å²) in [6.45, 7) is 4.55. The maximum atomic E-state index is 12.2. The van der Waals surface area contributed by atoms with Crippen molar-refractivity contribution in [2.24, 2.45) is 11.8 Å². The van der Waals surface area contributed by atoms with Crippen LogP contribution < -0.4 is 5.32 Å². The molecule has 0 saturated heterocycles. The van der Waals surface area contributed by atoms with Crippen molar-refractivity contribution < 1.29 is 4.79 Å². The number of fused-ring (bicyclic) bond motifs is 1. The van der Waals surface area contributed by atoms with Crippen molar-refractivity contribution in [2.75, 3.05) is 5.75 Å². The van der Waals surface area contributed by atoms with E-state index in [9.17, 15) is 4.79 Å². The van der Waals surface area contributed by atoms with Gasteiger partial charge in [-0.3, -0.25) is 4.79 Å². The van der Waals surface area contributed by atoms with Gasteiger partial charge < -0.3 is 5.32 Å². The van der Waals surface area contributed by atoms with Crippen LogP contribution in [0.2, 0.25) is 0 Å². The zero-order valence-corrected chi connectivity index (χ0v) is 14.7. The van der Waals surface area contributed by atoms with E-state index in [1.165, 1.54) is 17.5 Å². The lowest BCUT2D eigenvalue weighted by molar-refractivity contribution is -0.119. The summed E-state index contributed by atoms with van der Waals surface area (Å²) in [7, 11) is 0. The van der Waals surface area contributed by atoms with Gasteiger partial charge in [0.15, 0.2) is 4.34 Å². The van der Waals surface area contributed by atoms with Crippen LogP contribution in [0.3, 0.4) is 0 Å². The highest BCUT2D eigenvalue weighted by atomic mass is 32.2. The van der Waals surface area contributed by atoms with Gasteiger partial charge in [0.2, 0.25) is 5.91 Å². The molecule has 1 heterocycles. The molecule has 1 aromatic carbocycles. The molecule has 1 aromatic heterocycles. The van der Waals surface area contributed by atoms with Gasteiger partial charge in [-0.05, 0) is 30.4 Å². The Labute approximate surface area is 139 Å². The van der Waals surface area contributed by atoms with E-state index in [1.807, 2.05) is 18.2 Å². The van der Waals surface area contributed by atoms with Gasteiger partial charge in [0.1, 0.15) is 0 Å². The molecule has 5 heteroatoms. The summed E-state index contributed by atoms with van der Waals surface area (Å²) < 4.78 is 2.15. The first-order chi connectivity index (χ1) is 10.6. The Morgan fingerprint density at radius 1 is 1.36 bits per heavy atom. The van der Waals surface area contributed by atoms with Gasteiger partial charge in [0.25, 0.3) is 0 Å². The fourth-order valence-electron chi connectivity index (χ4n) is 3.07. The highest BCUT2D eigenvalue weighted by Gasteiger charge is 2.28. The predicted octanol–water partition coefficient (Wildman–Crippen LogP) is 4.33. The van der Waals surface area contributed by atoms with Crippen molar-refractivity contribution in [3.05, 3.63) is 24.3 Å². The third-order valence-corrected chi connectivity index (χ3v) is 6.83. The molecule has 0 unspecified atom stereocenters. The summed E-state index contributed by atoms with van der Waals surface area (Å²) in [6, 6.07) is 8.44. The molecule has 1 N–H and O–H groups in total. The van der Waals surface area contributed by atoms with Crippen LogP contribution in [0.4, 0.5) is 0 Å². The van der Waals surface area contributed by atoms with Crippen molar-refractivity contribution in [2.45, 2.75) is 43.5 Å². The van der Waals surface area contributed by atoms with Crippen molar-refractivity contribution in [3.8, 4) is 0 Å². The van der Waals surface area contributed by atoms with Crippen LogP contribution in [0.1, 0.15) is 33.1 Å². The van der Waals surface area contributed by atoms with Crippen LogP contribution in [0, 0.1) is 11.8 Å². The van der Waals surface area contributed by atoms with Crippen LogP contribution in [-0.4, -0.2) is 22.7 Å². The zero-order chi connectivity index (χ0) is 15.5. The van der Waals surface area contributed by atoms with Crippen LogP contribution in [0.25, 0.3) is 10.2 Å². The van der Waals surface area contributed by atoms with E-state index in [0.29, 0.717) is 23.6 Å². The standard InChI is InChI=1S/C17H22N2OS2/c1-11-6-5-8-13(12(11)2)18-16(20)10-21-17-19-14-7-3-4-9-15(14)22-17/h3-4,7,9,11-13H,5-6,8,10H2,1-2H3,(H,18,20)/t11-,12-,13-/m1/s1. The van der Waals surface area contributed by atoms with Crippen molar-refractivity contribution >= 4 is 39.2 Å². The molecule has 22 heavy (non-hydrogen) atoms. The van der Waals surface area contributed by atoms with E-state index >= 15 is 0 Å². The molecular formula is C17H22N2OS2. The Kier molecular flexibility index (Phi) is 5.03. The number of aromatic nitrogens is 1. The van der Waals surface area contributed by atoms with E-state index < -0.39 is 0 Å². The fourth-order valence-corrected chi connectivity index (χ4v) is 4.95. The largest absolute Gasteiger partial charge is 0.352 e. The number of amides is 1. The number of hydrogen-bond donors (Lipinski definition) is 1. The third kappa shape index (κ3) is 3.63. The summed E-state index contributed by atoms with van der Waals surface area (Å²) in [5, 5.41) is 3.22. The van der Waals surface area contributed by atoms with Gasteiger partial charge in [0.05, 0.1) is 16.0 Å². The van der Waals surface area contributed by atoms with Crippen molar-refractivity contribution in [3.63, 3.8) is 0 Å². The van der Waals surface area contributed by atoms with Crippen molar-refractivity contribution in [1.82, 2.24) is 10.3 Å². The monoisotopic (exact) mass is 334 g/mol. The fraction of sp³-hybridized carbons (Fsp3) is 0.529. The second kappa shape index (κ2) is 7.01. The van der Waals surface area contributed by atoms with Crippen LogP contribution in [0.5, 0.6) is 0 Å². The van der Waals surface area contributed by atoms with Gasteiger partial charge in [-0.15, -0.1) is 11.3 Å². The van der Waals surface area contributed by atoms with E-state index in [0.717, 1.165) is 16.3 Å². The van der Waals surface area contributed by atoms with E-state index in [1.54, 1.807) is 23.1 Å². The average Bonchev–Trinajstić information content (AvgIpc) is 2.93. The first kappa shape index (κ1) is 15.8. The lowest BCUT2D eigenvalue weighted by atomic mass is 9.78. The quantitative estimate of drug-likeness (QED) is 0.846. The summed E-state index contributed by atoms with van der Waals surface area (Å²) in [5.41, 5.74) is 1.02. The second-order valence-corrected chi connectivity index (χ2v) is 8.43. The predicted molar refractivity (Wildman–Crippen MR) is 94.5 cm³/mol. The first-order valence-corrected chi connectivity index (χ1v) is 9.71. The SMILES string of the molecule is C[C@@H]1[C@H](C)CCC[C@H]1NC(=O)CSc1nc2ccccc2s1. The molecular weight excluding hydrogens is 312 g/mol. The highest BCUT2D eigenvalue weighted by molar-refractivity contribution is 8.01. The Bertz CT molecular complexity index is 622. The van der Waals surface area contributed by atoms with Gasteiger partial charge >= 0.3 is 0 Å². The zero-order valence-electron chi connectivity index (χ0n) is 13.0. The molecule has 0 bridgehead atoms. The number of thioether (sulfide) groups is 1. The van der Waals surface area contributed by atoms with Crippen LogP contribution in [0.15, 0.2) is 28.6 Å². The first-order valence-electron chi connectivity index (χ1n) is 7.91. The van der Waals surface area contributed by atoms with E-state index in [2.05, 4.69) is 30.2 Å². The molecule has 1 fully saturated rings. The lowest BCUT2D eigenvalue weighted by Crippen LogP contribution is -2.44. The minimum Gasteiger partial charge on any atom is -0.352 e. The third-order valence-electron chi connectivity index (χ3n) is 4.65. The Morgan fingerprint density at radius 2 is 2.18 bits per heavy atom. The molecule has 118 valence electrons. The molecule has 1 aliphatic rings. The van der Waals surface area contributed by atoms with Crippen LogP contribution >= 0.6 is 23.1 Å². The van der Waals surface area contributed by atoms with Gasteiger partial charge in [-0.25, -0.2) is 4.98 Å². The smallest absolute Gasteiger partial charge is 0.230 e. The summed E-state index contributed by atoms with van der Waals surface area (Å²) in [4.78, 5) is 16.8. The molecule has 0 aliphatic heterocycles. The Morgan fingerprint density at radius 3 is 3.00 bits per heavy atom. The number of benzene rings is 1. The normalized spacial score (nSPS) is 25.3. The van der Waals surface area contributed by atoms with Gasteiger partial charge in [-0.1, -0.05) is 50.6 Å². The van der Waals surface area contributed by atoms with Gasteiger partial charge in [-0.2, -0.15) is 0 Å². The summed E-state index contributed by atoms with van der Waals surface area (Å²) >= 11 is 3.20. The number of rotatable bonds is 4. The molecule has 3 atom stereocenters. The molecule has 1 aliphatic carbocycles. The van der Waals surface area contributed by atoms with E-state index in [4.69, 9.17) is 0 Å². The highest BCUT2D eigenvalue weighted by Crippen LogP contribution is 2.31. The number of carbonyl (C=O) groups excluding carboxylic acids is 1. The number of nitrogens with one attached hydrogen (secondary N) is 1. The number of para-hydroxylation sites is 1. The molecule has 3 rings (SSSR count). The van der Waals surface area contributed by atoms with Crippen LogP contribution in [-0.2, 0) is 4.79 Å². The number of carbonyl (C=O) groups is 1. The molecule has 3 nitrogen and oxygen atoms in total. The molecule has 0 radical (unpaired) electrons. The number of thiazole rings is 1. The maximum Gasteiger partial charge on any atom is 0.230 e.